The van der Waals surface area contributed by atoms with E-state index in [1.54, 1.807) is 7.11 Å². The fraction of sp³-hybridized carbons (Fsp3) is 1.00. The number of β-amino-alcohol motifs (C(OH)–C–C–N with tert-alkyl or cyclic N) is 1. The first-order valence-electron chi connectivity index (χ1n) is 5.50. The molecule has 1 rings (SSSR count). The van der Waals surface area contributed by atoms with Crippen LogP contribution in [0.15, 0.2) is 0 Å². The van der Waals surface area contributed by atoms with Gasteiger partial charge in [0.25, 0.3) is 0 Å². The van der Waals surface area contributed by atoms with Gasteiger partial charge >= 0.3 is 0 Å². The summed E-state index contributed by atoms with van der Waals surface area (Å²) in [5.41, 5.74) is 0. The molecular formula is C10H22N2O3. The molecule has 1 saturated heterocycles. The van der Waals surface area contributed by atoms with Crippen LogP contribution in [-0.2, 0) is 9.47 Å². The molecule has 1 aliphatic rings. The summed E-state index contributed by atoms with van der Waals surface area (Å²) in [7, 11) is 1.67. The molecule has 1 atom stereocenters. The van der Waals surface area contributed by atoms with Gasteiger partial charge in [-0.15, -0.1) is 0 Å². The van der Waals surface area contributed by atoms with Gasteiger partial charge in [-0.2, -0.15) is 0 Å². The Hall–Kier alpha value is -0.200. The van der Waals surface area contributed by atoms with E-state index in [2.05, 4.69) is 10.2 Å². The highest BCUT2D eigenvalue weighted by Gasteiger charge is 2.14. The molecule has 1 unspecified atom stereocenters. The third-order valence-corrected chi connectivity index (χ3v) is 2.44. The summed E-state index contributed by atoms with van der Waals surface area (Å²) in [5, 5.41) is 12.9. The van der Waals surface area contributed by atoms with E-state index in [0.717, 1.165) is 39.4 Å². The average Bonchev–Trinajstić information content (AvgIpc) is 2.26. The van der Waals surface area contributed by atoms with Crippen molar-refractivity contribution in [1.29, 1.82) is 0 Å². The fourth-order valence-corrected chi connectivity index (χ4v) is 1.59. The minimum atomic E-state index is -0.306. The van der Waals surface area contributed by atoms with Gasteiger partial charge in [0.1, 0.15) is 0 Å². The van der Waals surface area contributed by atoms with Crippen LogP contribution in [0.3, 0.4) is 0 Å². The summed E-state index contributed by atoms with van der Waals surface area (Å²) >= 11 is 0. The third kappa shape index (κ3) is 6.06. The Labute approximate surface area is 91.3 Å². The molecule has 90 valence electrons. The third-order valence-electron chi connectivity index (χ3n) is 2.44. The molecule has 0 aromatic carbocycles. The molecule has 0 spiro atoms. The molecule has 5 heteroatoms. The standard InChI is InChI=1S/C10H22N2O3/c1-14-5-2-11-8-10(13)9-12-3-6-15-7-4-12/h10-11,13H,2-9H2,1H3. The molecule has 1 heterocycles. The lowest BCUT2D eigenvalue weighted by Crippen LogP contribution is -2.44. The first kappa shape index (κ1) is 12.9. The highest BCUT2D eigenvalue weighted by molar-refractivity contribution is 4.68. The Bertz CT molecular complexity index is 152. The number of hydrogen-bond donors (Lipinski definition) is 2. The van der Waals surface area contributed by atoms with Crippen molar-refractivity contribution in [3.8, 4) is 0 Å². The number of nitrogens with zero attached hydrogens (tertiary/aromatic N) is 1. The van der Waals surface area contributed by atoms with Crippen LogP contribution < -0.4 is 5.32 Å². The lowest BCUT2D eigenvalue weighted by molar-refractivity contribution is 0.0147. The maximum absolute atomic E-state index is 9.71. The van der Waals surface area contributed by atoms with Gasteiger partial charge in [0.2, 0.25) is 0 Å². The van der Waals surface area contributed by atoms with Crippen LogP contribution in [0.25, 0.3) is 0 Å². The molecule has 5 nitrogen and oxygen atoms in total. The van der Waals surface area contributed by atoms with Crippen molar-refractivity contribution < 1.29 is 14.6 Å². The van der Waals surface area contributed by atoms with Crippen molar-refractivity contribution in [2.24, 2.45) is 0 Å². The highest BCUT2D eigenvalue weighted by atomic mass is 16.5. The number of ether oxygens (including phenoxy) is 2. The number of aliphatic hydroxyl groups is 1. The zero-order chi connectivity index (χ0) is 10.9. The van der Waals surface area contributed by atoms with Crippen LogP contribution in [0, 0.1) is 0 Å². The predicted molar refractivity (Wildman–Crippen MR) is 58.0 cm³/mol. The summed E-state index contributed by atoms with van der Waals surface area (Å²) in [6, 6.07) is 0. The molecule has 15 heavy (non-hydrogen) atoms. The second-order valence-electron chi connectivity index (χ2n) is 3.76. The summed E-state index contributed by atoms with van der Waals surface area (Å²) in [6.45, 7) is 6.24. The van der Waals surface area contributed by atoms with Gasteiger partial charge in [-0.3, -0.25) is 4.90 Å². The van der Waals surface area contributed by atoms with Crippen LogP contribution in [0.2, 0.25) is 0 Å². The van der Waals surface area contributed by atoms with Crippen molar-refractivity contribution in [3.63, 3.8) is 0 Å². The Kier molecular flexibility index (Phi) is 6.87. The van der Waals surface area contributed by atoms with Crippen LogP contribution in [-0.4, -0.2) is 75.8 Å². The van der Waals surface area contributed by atoms with E-state index < -0.39 is 0 Å². The average molecular weight is 218 g/mol. The summed E-state index contributed by atoms with van der Waals surface area (Å²) in [4.78, 5) is 2.23. The van der Waals surface area contributed by atoms with E-state index in [0.29, 0.717) is 13.2 Å². The van der Waals surface area contributed by atoms with Crippen LogP contribution in [0.5, 0.6) is 0 Å². The van der Waals surface area contributed by atoms with Gasteiger partial charge in [-0.05, 0) is 0 Å². The van der Waals surface area contributed by atoms with E-state index in [1.165, 1.54) is 0 Å². The summed E-state index contributed by atoms with van der Waals surface area (Å²) < 4.78 is 10.1. The summed E-state index contributed by atoms with van der Waals surface area (Å²) in [5.74, 6) is 0. The number of morpholine rings is 1. The fourth-order valence-electron chi connectivity index (χ4n) is 1.59. The lowest BCUT2D eigenvalue weighted by Gasteiger charge is -2.28. The first-order valence-corrected chi connectivity index (χ1v) is 5.50. The quantitative estimate of drug-likeness (QED) is 0.532. The van der Waals surface area contributed by atoms with Crippen LogP contribution in [0.4, 0.5) is 0 Å². The monoisotopic (exact) mass is 218 g/mol. The molecule has 0 aliphatic carbocycles. The molecular weight excluding hydrogens is 196 g/mol. The second kappa shape index (κ2) is 8.01. The van der Waals surface area contributed by atoms with Gasteiger partial charge in [-0.25, -0.2) is 0 Å². The van der Waals surface area contributed by atoms with Crippen molar-refractivity contribution in [2.45, 2.75) is 6.10 Å². The van der Waals surface area contributed by atoms with Crippen molar-refractivity contribution in [2.75, 3.05) is 59.7 Å². The maximum Gasteiger partial charge on any atom is 0.0791 e. The van der Waals surface area contributed by atoms with Gasteiger partial charge in [0.15, 0.2) is 0 Å². The lowest BCUT2D eigenvalue weighted by atomic mass is 10.3. The SMILES string of the molecule is COCCNCC(O)CN1CCOCC1. The number of rotatable bonds is 7. The Balaban J connectivity index is 1.98. The summed E-state index contributed by atoms with van der Waals surface area (Å²) in [6.07, 6.45) is -0.306. The molecule has 1 fully saturated rings. The highest BCUT2D eigenvalue weighted by Crippen LogP contribution is 1.97. The van der Waals surface area contributed by atoms with Crippen molar-refractivity contribution >= 4 is 0 Å². The van der Waals surface area contributed by atoms with E-state index in [1.807, 2.05) is 0 Å². The van der Waals surface area contributed by atoms with Gasteiger partial charge in [0.05, 0.1) is 25.9 Å². The smallest absolute Gasteiger partial charge is 0.0791 e. The largest absolute Gasteiger partial charge is 0.390 e. The Morgan fingerprint density at radius 3 is 2.87 bits per heavy atom. The minimum absolute atomic E-state index is 0.306. The normalized spacial score (nSPS) is 20.4. The number of methoxy groups -OCH3 is 1. The number of nitrogens with one attached hydrogen (secondary N) is 1. The maximum atomic E-state index is 9.71. The Morgan fingerprint density at radius 1 is 1.47 bits per heavy atom. The first-order chi connectivity index (χ1) is 7.33. The molecule has 0 aromatic rings. The van der Waals surface area contributed by atoms with Crippen LogP contribution in [0.1, 0.15) is 0 Å². The molecule has 0 aromatic heterocycles. The minimum Gasteiger partial charge on any atom is -0.390 e. The van der Waals surface area contributed by atoms with E-state index in [9.17, 15) is 5.11 Å². The molecule has 0 amide bonds. The van der Waals surface area contributed by atoms with Gasteiger partial charge < -0.3 is 19.9 Å². The predicted octanol–water partition coefficient (Wildman–Crippen LogP) is -1.08. The molecule has 0 radical (unpaired) electrons. The van der Waals surface area contributed by atoms with E-state index in [4.69, 9.17) is 9.47 Å². The van der Waals surface area contributed by atoms with E-state index >= 15 is 0 Å². The van der Waals surface area contributed by atoms with Gasteiger partial charge in [-0.1, -0.05) is 0 Å². The van der Waals surface area contributed by atoms with E-state index in [-0.39, 0.29) is 6.10 Å². The molecule has 2 N–H and O–H groups in total. The zero-order valence-electron chi connectivity index (χ0n) is 9.45. The topological polar surface area (TPSA) is 54.0 Å². The molecule has 1 aliphatic heterocycles. The number of hydrogen-bond acceptors (Lipinski definition) is 5. The molecule has 0 saturated carbocycles. The Morgan fingerprint density at radius 2 is 2.20 bits per heavy atom. The number of aliphatic hydroxyl groups excluding tert-OH is 1. The van der Waals surface area contributed by atoms with Crippen molar-refractivity contribution in [1.82, 2.24) is 10.2 Å². The second-order valence-corrected chi connectivity index (χ2v) is 3.76. The van der Waals surface area contributed by atoms with Gasteiger partial charge in [0, 0.05) is 39.8 Å². The zero-order valence-corrected chi connectivity index (χ0v) is 9.45. The molecule has 0 bridgehead atoms. The van der Waals surface area contributed by atoms with Crippen molar-refractivity contribution in [3.05, 3.63) is 0 Å². The van der Waals surface area contributed by atoms with Crippen LogP contribution >= 0.6 is 0 Å².